The maximum absolute atomic E-state index is 13.0. The zero-order chi connectivity index (χ0) is 26.2. The molecule has 3 rings (SSSR count). The van der Waals surface area contributed by atoms with Crippen LogP contribution in [0.4, 0.5) is 0 Å². The van der Waals surface area contributed by atoms with Gasteiger partial charge in [0.15, 0.2) is 5.60 Å². The number of allylic oxidation sites excluding steroid dienone is 1. The molecule has 0 saturated heterocycles. The van der Waals surface area contributed by atoms with Crippen molar-refractivity contribution in [2.45, 2.75) is 19.4 Å². The summed E-state index contributed by atoms with van der Waals surface area (Å²) < 4.78 is 37.4. The fourth-order valence-electron chi connectivity index (χ4n) is 3.93. The van der Waals surface area contributed by atoms with Crippen molar-refractivity contribution in [1.82, 2.24) is 14.0 Å². The molecule has 1 unspecified atom stereocenters. The summed E-state index contributed by atoms with van der Waals surface area (Å²) in [5.74, 6) is 0.0785. The lowest BCUT2D eigenvalue weighted by Gasteiger charge is -2.32. The first-order valence-electron chi connectivity index (χ1n) is 11.5. The van der Waals surface area contributed by atoms with Crippen LogP contribution in [0.25, 0.3) is 0 Å². The van der Waals surface area contributed by atoms with Gasteiger partial charge in [-0.25, -0.2) is 9.73 Å². The highest BCUT2D eigenvalue weighted by Crippen LogP contribution is 2.37. The second-order valence-corrected chi connectivity index (χ2v) is 10.7. The third kappa shape index (κ3) is 6.20. The van der Waals surface area contributed by atoms with Gasteiger partial charge in [-0.1, -0.05) is 62.4 Å². The standard InChI is InChI=1S/C25H30IN5O4S/c1-4-30(5-2)36(33,34)29-24(27-3)31-19-25(35-18-10-9-17-32,21-11-7-6-8-12-21)23(28-31)20-13-15-22(26)16-14-20/h6-17H,4-5,18-19H2,1-3H3,(H,27,29)/b10-9+. The molecule has 0 saturated carbocycles. The molecule has 0 spiro atoms. The van der Waals surface area contributed by atoms with Crippen LogP contribution >= 0.6 is 22.6 Å². The molecule has 0 fully saturated rings. The molecular formula is C25H30IN5O4S. The van der Waals surface area contributed by atoms with Gasteiger partial charge in [0.25, 0.3) is 0 Å². The number of hydrogen-bond acceptors (Lipinski definition) is 6. The van der Waals surface area contributed by atoms with Gasteiger partial charge in [0.2, 0.25) is 5.96 Å². The van der Waals surface area contributed by atoms with Crippen molar-refractivity contribution >= 4 is 50.8 Å². The molecule has 2 aromatic carbocycles. The maximum Gasteiger partial charge on any atom is 0.303 e. The summed E-state index contributed by atoms with van der Waals surface area (Å²) >= 11 is 2.24. The van der Waals surface area contributed by atoms with Crippen LogP contribution in [-0.2, 0) is 25.3 Å². The molecule has 0 aromatic heterocycles. The van der Waals surface area contributed by atoms with E-state index in [1.165, 1.54) is 22.4 Å². The summed E-state index contributed by atoms with van der Waals surface area (Å²) in [6, 6.07) is 17.5. The van der Waals surface area contributed by atoms with E-state index in [9.17, 15) is 13.2 Å². The monoisotopic (exact) mass is 623 g/mol. The number of nitrogens with zero attached hydrogens (tertiary/aromatic N) is 4. The quantitative estimate of drug-likeness (QED) is 0.144. The molecule has 11 heteroatoms. The lowest BCUT2D eigenvalue weighted by atomic mass is 9.85. The normalized spacial score (nSPS) is 18.6. The zero-order valence-electron chi connectivity index (χ0n) is 20.5. The van der Waals surface area contributed by atoms with Crippen molar-refractivity contribution in [2.75, 3.05) is 33.3 Å². The Kier molecular flexibility index (Phi) is 9.77. The molecule has 1 atom stereocenters. The van der Waals surface area contributed by atoms with Gasteiger partial charge < -0.3 is 4.74 Å². The van der Waals surface area contributed by atoms with Crippen molar-refractivity contribution in [3.05, 3.63) is 81.4 Å². The van der Waals surface area contributed by atoms with Crippen LogP contribution < -0.4 is 4.72 Å². The van der Waals surface area contributed by atoms with E-state index in [1.54, 1.807) is 19.9 Å². The molecule has 0 bridgehead atoms. The number of nitrogens with one attached hydrogen (secondary N) is 1. The van der Waals surface area contributed by atoms with E-state index in [-0.39, 0.29) is 19.1 Å². The summed E-state index contributed by atoms with van der Waals surface area (Å²) in [5.41, 5.74) is 1.21. The number of aliphatic imine (C=N–C) groups is 1. The Balaban J connectivity index is 2.12. The number of hydrogen-bond donors (Lipinski definition) is 1. The van der Waals surface area contributed by atoms with Gasteiger partial charge in [0, 0.05) is 29.3 Å². The molecule has 0 amide bonds. The van der Waals surface area contributed by atoms with Gasteiger partial charge in [-0.3, -0.25) is 9.79 Å². The van der Waals surface area contributed by atoms with Crippen LogP contribution in [0.3, 0.4) is 0 Å². The number of ether oxygens (including phenoxy) is 1. The largest absolute Gasteiger partial charge is 0.358 e. The minimum Gasteiger partial charge on any atom is -0.358 e. The highest BCUT2D eigenvalue weighted by Gasteiger charge is 2.47. The van der Waals surface area contributed by atoms with Gasteiger partial charge >= 0.3 is 10.2 Å². The minimum atomic E-state index is -3.84. The van der Waals surface area contributed by atoms with Gasteiger partial charge in [0.1, 0.15) is 12.0 Å². The number of halogens is 1. The summed E-state index contributed by atoms with van der Waals surface area (Å²) in [6.45, 7) is 4.50. The number of rotatable bonds is 10. The third-order valence-corrected chi connectivity index (χ3v) is 8.05. The molecule has 1 aliphatic rings. The molecular weight excluding hydrogens is 593 g/mol. The Labute approximate surface area is 226 Å². The molecule has 2 aromatic rings. The van der Waals surface area contributed by atoms with Gasteiger partial charge in [-0.05, 0) is 46.4 Å². The number of guanidine groups is 1. The van der Waals surface area contributed by atoms with Crippen molar-refractivity contribution in [3.63, 3.8) is 0 Å². The Morgan fingerprint density at radius 1 is 1.19 bits per heavy atom. The first kappa shape index (κ1) is 28.0. The van der Waals surface area contributed by atoms with E-state index in [1.807, 2.05) is 54.6 Å². The number of benzene rings is 2. The number of aldehydes is 1. The predicted octanol–water partition coefficient (Wildman–Crippen LogP) is 3.14. The summed E-state index contributed by atoms with van der Waals surface area (Å²) in [6.07, 6.45) is 3.70. The average Bonchev–Trinajstić information content (AvgIpc) is 3.27. The van der Waals surface area contributed by atoms with E-state index in [0.29, 0.717) is 25.1 Å². The highest BCUT2D eigenvalue weighted by molar-refractivity contribution is 14.1. The predicted molar refractivity (Wildman–Crippen MR) is 150 cm³/mol. The van der Waals surface area contributed by atoms with Gasteiger partial charge in [-0.15, -0.1) is 0 Å². The van der Waals surface area contributed by atoms with Crippen molar-refractivity contribution in [1.29, 1.82) is 0 Å². The van der Waals surface area contributed by atoms with E-state index < -0.39 is 15.8 Å². The van der Waals surface area contributed by atoms with E-state index in [4.69, 9.17) is 9.84 Å². The summed E-state index contributed by atoms with van der Waals surface area (Å²) in [5, 5.41) is 6.35. The van der Waals surface area contributed by atoms with Crippen LogP contribution in [-0.4, -0.2) is 69.0 Å². The molecule has 192 valence electrons. The van der Waals surface area contributed by atoms with Crippen LogP contribution in [0.1, 0.15) is 25.0 Å². The Bertz CT molecular complexity index is 1230. The highest BCUT2D eigenvalue weighted by atomic mass is 127. The third-order valence-electron chi connectivity index (χ3n) is 5.70. The lowest BCUT2D eigenvalue weighted by molar-refractivity contribution is -0.104. The van der Waals surface area contributed by atoms with Crippen molar-refractivity contribution in [3.8, 4) is 0 Å². The molecule has 36 heavy (non-hydrogen) atoms. The first-order chi connectivity index (χ1) is 17.3. The summed E-state index contributed by atoms with van der Waals surface area (Å²) in [4.78, 5) is 15.0. The second-order valence-electron chi connectivity index (χ2n) is 7.82. The first-order valence-corrected chi connectivity index (χ1v) is 14.0. The van der Waals surface area contributed by atoms with Crippen molar-refractivity contribution in [2.24, 2.45) is 10.1 Å². The van der Waals surface area contributed by atoms with E-state index >= 15 is 0 Å². The Morgan fingerprint density at radius 3 is 2.44 bits per heavy atom. The molecule has 9 nitrogen and oxygen atoms in total. The van der Waals surface area contributed by atoms with Crippen LogP contribution in [0.2, 0.25) is 0 Å². The molecule has 0 aliphatic carbocycles. The lowest BCUT2D eigenvalue weighted by Crippen LogP contribution is -2.50. The van der Waals surface area contributed by atoms with E-state index in [0.717, 1.165) is 14.7 Å². The van der Waals surface area contributed by atoms with Gasteiger partial charge in [-0.2, -0.15) is 17.8 Å². The SMILES string of the molecule is CCN(CC)S(=O)(=O)NC(=NC)N1CC(OC/C=C/C=O)(c2ccccc2)C(c2ccc(I)cc2)=N1. The topological polar surface area (TPSA) is 104 Å². The molecule has 0 radical (unpaired) electrons. The Hall–Kier alpha value is -2.61. The van der Waals surface area contributed by atoms with Gasteiger partial charge in [0.05, 0.1) is 13.2 Å². The average molecular weight is 624 g/mol. The molecule has 1 heterocycles. The second kappa shape index (κ2) is 12.6. The molecule has 1 aliphatic heterocycles. The smallest absolute Gasteiger partial charge is 0.303 e. The fourth-order valence-corrected chi connectivity index (χ4v) is 5.53. The van der Waals surface area contributed by atoms with Crippen LogP contribution in [0.15, 0.2) is 76.8 Å². The zero-order valence-corrected chi connectivity index (χ0v) is 23.4. The number of carbonyl (C=O) groups is 1. The van der Waals surface area contributed by atoms with Crippen LogP contribution in [0.5, 0.6) is 0 Å². The number of carbonyl (C=O) groups excluding carboxylic acids is 1. The number of hydrazone groups is 1. The van der Waals surface area contributed by atoms with Crippen LogP contribution in [0, 0.1) is 3.57 Å². The maximum atomic E-state index is 13.0. The Morgan fingerprint density at radius 2 is 1.86 bits per heavy atom. The van der Waals surface area contributed by atoms with E-state index in [2.05, 4.69) is 32.3 Å². The minimum absolute atomic E-state index is 0.0785. The van der Waals surface area contributed by atoms with Crippen molar-refractivity contribution < 1.29 is 17.9 Å². The summed E-state index contributed by atoms with van der Waals surface area (Å²) in [7, 11) is -2.33. The molecule has 1 N–H and O–H groups in total. The fraction of sp³-hybridized carbons (Fsp3) is 0.320.